The number of ether oxygens (including phenoxy) is 2. The van der Waals surface area contributed by atoms with Crippen molar-refractivity contribution in [3.8, 4) is 22.8 Å². The first-order valence-corrected chi connectivity index (χ1v) is 9.82. The highest BCUT2D eigenvalue weighted by Crippen LogP contribution is 2.29. The molecular formula is C21H19N3O5S. The maximum Gasteiger partial charge on any atom is 0.270 e. The highest BCUT2D eigenvalue weighted by Gasteiger charge is 2.13. The molecule has 154 valence electrons. The number of nitro benzene ring substituents is 1. The molecule has 0 saturated carbocycles. The van der Waals surface area contributed by atoms with Crippen LogP contribution in [-0.2, 0) is 4.79 Å². The Morgan fingerprint density at radius 3 is 2.83 bits per heavy atom. The quantitative estimate of drug-likeness (QED) is 0.412. The first-order chi connectivity index (χ1) is 14.5. The van der Waals surface area contributed by atoms with Crippen LogP contribution in [0.3, 0.4) is 0 Å². The molecule has 1 aromatic heterocycles. The van der Waals surface area contributed by atoms with E-state index in [2.05, 4.69) is 10.3 Å². The Morgan fingerprint density at radius 2 is 2.10 bits per heavy atom. The fraction of sp³-hybridized carbons (Fsp3) is 0.143. The number of benzene rings is 2. The minimum atomic E-state index is -0.463. The predicted molar refractivity (Wildman–Crippen MR) is 116 cm³/mol. The van der Waals surface area contributed by atoms with Gasteiger partial charge in [0.2, 0.25) is 0 Å². The van der Waals surface area contributed by atoms with Crippen molar-refractivity contribution in [3.63, 3.8) is 0 Å². The number of non-ortho nitro benzene ring substituents is 1. The number of hydrogen-bond acceptors (Lipinski definition) is 7. The van der Waals surface area contributed by atoms with Gasteiger partial charge < -0.3 is 9.47 Å². The molecule has 30 heavy (non-hydrogen) atoms. The summed E-state index contributed by atoms with van der Waals surface area (Å²) in [6, 6.07) is 11.6. The van der Waals surface area contributed by atoms with Crippen LogP contribution in [0.15, 0.2) is 53.9 Å². The molecule has 3 rings (SSSR count). The Morgan fingerprint density at radius 1 is 1.27 bits per heavy atom. The molecule has 0 unspecified atom stereocenters. The molecule has 0 bridgehead atoms. The number of nitrogens with one attached hydrogen (secondary N) is 1. The number of nitro groups is 1. The number of amides is 1. The van der Waals surface area contributed by atoms with Crippen molar-refractivity contribution in [2.75, 3.05) is 19.0 Å². The lowest BCUT2D eigenvalue weighted by atomic mass is 10.1. The van der Waals surface area contributed by atoms with E-state index in [1.807, 2.05) is 31.2 Å². The van der Waals surface area contributed by atoms with Crippen LogP contribution in [0.4, 0.5) is 10.8 Å². The Labute approximate surface area is 176 Å². The average molecular weight is 425 g/mol. The second-order valence-corrected chi connectivity index (χ2v) is 6.95. The fourth-order valence-electron chi connectivity index (χ4n) is 2.64. The molecule has 2 aromatic carbocycles. The van der Waals surface area contributed by atoms with Crippen LogP contribution in [0.1, 0.15) is 12.5 Å². The molecule has 0 radical (unpaired) electrons. The molecule has 0 fully saturated rings. The van der Waals surface area contributed by atoms with Crippen molar-refractivity contribution in [3.05, 3.63) is 69.6 Å². The normalized spacial score (nSPS) is 10.7. The van der Waals surface area contributed by atoms with E-state index in [4.69, 9.17) is 9.47 Å². The minimum absolute atomic E-state index is 0.0196. The monoisotopic (exact) mass is 425 g/mol. The van der Waals surface area contributed by atoms with Gasteiger partial charge in [0, 0.05) is 23.1 Å². The number of carbonyl (C=O) groups is 1. The summed E-state index contributed by atoms with van der Waals surface area (Å²) in [6.45, 7) is 1.70. The lowest BCUT2D eigenvalue weighted by Gasteiger charge is -2.11. The number of aromatic nitrogens is 1. The Balaban J connectivity index is 1.62. The number of rotatable bonds is 8. The van der Waals surface area contributed by atoms with Crippen LogP contribution >= 0.6 is 11.3 Å². The third kappa shape index (κ3) is 5.21. The van der Waals surface area contributed by atoms with E-state index in [0.29, 0.717) is 27.9 Å². The zero-order chi connectivity index (χ0) is 21.5. The van der Waals surface area contributed by atoms with Gasteiger partial charge in [-0.1, -0.05) is 30.4 Å². The summed E-state index contributed by atoms with van der Waals surface area (Å²) in [5, 5.41) is 15.7. The summed E-state index contributed by atoms with van der Waals surface area (Å²) in [4.78, 5) is 27.0. The molecule has 0 spiro atoms. The Bertz CT molecular complexity index is 1090. The van der Waals surface area contributed by atoms with Crippen molar-refractivity contribution < 1.29 is 19.2 Å². The van der Waals surface area contributed by atoms with Gasteiger partial charge in [-0.2, -0.15) is 0 Å². The van der Waals surface area contributed by atoms with Crippen LogP contribution in [0.5, 0.6) is 11.5 Å². The van der Waals surface area contributed by atoms with Crippen molar-refractivity contribution in [2.45, 2.75) is 6.92 Å². The van der Waals surface area contributed by atoms with E-state index in [-0.39, 0.29) is 18.2 Å². The second kappa shape index (κ2) is 9.66. The Hall–Kier alpha value is -3.72. The van der Waals surface area contributed by atoms with Gasteiger partial charge in [0.15, 0.2) is 23.2 Å². The summed E-state index contributed by atoms with van der Waals surface area (Å²) in [5.41, 5.74) is 2.08. The SMILES string of the molecule is C/C=C/c1ccc(OCC(=O)Nc2nc(-c3cccc([N+](=O)[O-])c3)cs2)c(OC)c1. The average Bonchev–Trinajstić information content (AvgIpc) is 3.21. The first-order valence-electron chi connectivity index (χ1n) is 8.94. The molecule has 0 saturated heterocycles. The van der Waals surface area contributed by atoms with E-state index in [9.17, 15) is 14.9 Å². The maximum atomic E-state index is 12.2. The van der Waals surface area contributed by atoms with Gasteiger partial charge in [0.1, 0.15) is 0 Å². The molecule has 0 aliphatic heterocycles. The van der Waals surface area contributed by atoms with E-state index in [1.165, 1.54) is 30.6 Å². The molecule has 1 N–H and O–H groups in total. The number of thiazole rings is 1. The van der Waals surface area contributed by atoms with E-state index in [0.717, 1.165) is 5.56 Å². The largest absolute Gasteiger partial charge is 0.493 e. The molecule has 0 aliphatic carbocycles. The summed E-state index contributed by atoms with van der Waals surface area (Å²) in [5.74, 6) is 0.604. The highest BCUT2D eigenvalue weighted by molar-refractivity contribution is 7.14. The Kier molecular flexibility index (Phi) is 6.76. The second-order valence-electron chi connectivity index (χ2n) is 6.09. The smallest absolute Gasteiger partial charge is 0.270 e. The molecule has 0 aliphatic rings. The summed E-state index contributed by atoms with van der Waals surface area (Å²) in [7, 11) is 1.53. The van der Waals surface area contributed by atoms with Crippen LogP contribution in [0, 0.1) is 10.1 Å². The molecule has 1 heterocycles. The zero-order valence-electron chi connectivity index (χ0n) is 16.3. The van der Waals surface area contributed by atoms with Gasteiger partial charge in [-0.25, -0.2) is 4.98 Å². The molecule has 0 atom stereocenters. The van der Waals surface area contributed by atoms with Gasteiger partial charge in [0.05, 0.1) is 17.7 Å². The van der Waals surface area contributed by atoms with Crippen LogP contribution < -0.4 is 14.8 Å². The lowest BCUT2D eigenvalue weighted by molar-refractivity contribution is -0.384. The van der Waals surface area contributed by atoms with Crippen molar-refractivity contribution in [1.82, 2.24) is 4.98 Å². The molecule has 3 aromatic rings. The van der Waals surface area contributed by atoms with E-state index < -0.39 is 4.92 Å². The van der Waals surface area contributed by atoms with Crippen LogP contribution in [-0.4, -0.2) is 29.5 Å². The maximum absolute atomic E-state index is 12.2. The first kappa shape index (κ1) is 21.0. The number of anilines is 1. The van der Waals surface area contributed by atoms with Gasteiger partial charge in [0.25, 0.3) is 11.6 Å². The number of nitrogens with zero attached hydrogens (tertiary/aromatic N) is 2. The summed E-state index contributed by atoms with van der Waals surface area (Å²) >= 11 is 1.22. The third-order valence-electron chi connectivity index (χ3n) is 4.01. The van der Waals surface area contributed by atoms with E-state index >= 15 is 0 Å². The number of hydrogen-bond donors (Lipinski definition) is 1. The standard InChI is InChI=1S/C21H19N3O5S/c1-3-5-14-8-9-18(19(10-14)28-2)29-12-20(25)23-21-22-17(13-30-21)15-6-4-7-16(11-15)24(26)27/h3-11,13H,12H2,1-2H3,(H,22,23,25)/b5-3+. The van der Waals surface area contributed by atoms with Crippen molar-refractivity contribution >= 4 is 34.1 Å². The lowest BCUT2D eigenvalue weighted by Crippen LogP contribution is -2.20. The van der Waals surface area contributed by atoms with Gasteiger partial charge in [-0.15, -0.1) is 11.3 Å². The van der Waals surface area contributed by atoms with Crippen molar-refractivity contribution in [2.24, 2.45) is 0 Å². The van der Waals surface area contributed by atoms with E-state index in [1.54, 1.807) is 23.6 Å². The van der Waals surface area contributed by atoms with Crippen molar-refractivity contribution in [1.29, 1.82) is 0 Å². The predicted octanol–water partition coefficient (Wildman–Crippen LogP) is 4.78. The van der Waals surface area contributed by atoms with Crippen LogP contribution in [0.2, 0.25) is 0 Å². The number of methoxy groups -OCH3 is 1. The minimum Gasteiger partial charge on any atom is -0.493 e. The topological polar surface area (TPSA) is 104 Å². The highest BCUT2D eigenvalue weighted by atomic mass is 32.1. The fourth-order valence-corrected chi connectivity index (χ4v) is 3.38. The molecule has 8 nitrogen and oxygen atoms in total. The van der Waals surface area contributed by atoms with Gasteiger partial charge >= 0.3 is 0 Å². The van der Waals surface area contributed by atoms with Crippen LogP contribution in [0.25, 0.3) is 17.3 Å². The zero-order valence-corrected chi connectivity index (χ0v) is 17.1. The number of allylic oxidation sites excluding steroid dienone is 1. The number of carbonyl (C=O) groups excluding carboxylic acids is 1. The van der Waals surface area contributed by atoms with Gasteiger partial charge in [-0.05, 0) is 24.6 Å². The van der Waals surface area contributed by atoms with Gasteiger partial charge in [-0.3, -0.25) is 20.2 Å². The summed E-state index contributed by atoms with van der Waals surface area (Å²) < 4.78 is 10.9. The summed E-state index contributed by atoms with van der Waals surface area (Å²) in [6.07, 6.45) is 3.85. The molecule has 9 heteroatoms. The molecular weight excluding hydrogens is 406 g/mol. The third-order valence-corrected chi connectivity index (χ3v) is 4.77. The molecule has 1 amide bonds.